The van der Waals surface area contributed by atoms with Crippen molar-refractivity contribution in [2.45, 2.75) is 52.0 Å². The summed E-state index contributed by atoms with van der Waals surface area (Å²) in [5.41, 5.74) is 0. The summed E-state index contributed by atoms with van der Waals surface area (Å²) >= 11 is 0. The van der Waals surface area contributed by atoms with Crippen LogP contribution in [0.4, 0.5) is 0 Å². The Bertz CT molecular complexity index is 476. The minimum Gasteiger partial charge on any atom is -0.356 e. The molecule has 8 heteroatoms. The number of unbranched alkanes of at least 4 members (excludes halogenated alkanes) is 1. The van der Waals surface area contributed by atoms with Gasteiger partial charge in [0, 0.05) is 18.4 Å². The number of carbonyl (C=O) groups excluding carboxylic acids is 2. The van der Waals surface area contributed by atoms with Gasteiger partial charge in [0.2, 0.25) is 11.8 Å². The molecule has 1 aromatic heterocycles. The maximum Gasteiger partial charge on any atom is 0.224 e. The first kappa shape index (κ1) is 16.4. The van der Waals surface area contributed by atoms with Gasteiger partial charge in [-0.1, -0.05) is 31.4 Å². The van der Waals surface area contributed by atoms with Gasteiger partial charge in [-0.15, -0.1) is 10.2 Å². The molecule has 0 aliphatic heterocycles. The van der Waals surface area contributed by atoms with E-state index < -0.39 is 0 Å². The van der Waals surface area contributed by atoms with Gasteiger partial charge in [0.25, 0.3) is 0 Å². The van der Waals surface area contributed by atoms with E-state index >= 15 is 0 Å². The Labute approximate surface area is 129 Å². The van der Waals surface area contributed by atoms with E-state index in [1.165, 1.54) is 0 Å². The molecule has 1 aromatic rings. The second kappa shape index (κ2) is 8.45. The molecule has 2 atom stereocenters. The van der Waals surface area contributed by atoms with Crippen molar-refractivity contribution in [1.29, 1.82) is 0 Å². The molecule has 1 aliphatic carbocycles. The van der Waals surface area contributed by atoms with Crippen molar-refractivity contribution in [1.82, 2.24) is 31.3 Å². The molecule has 122 valence electrons. The van der Waals surface area contributed by atoms with Gasteiger partial charge in [0.1, 0.15) is 0 Å². The summed E-state index contributed by atoms with van der Waals surface area (Å²) in [5, 5.41) is 19.1. The van der Waals surface area contributed by atoms with Gasteiger partial charge in [-0.05, 0) is 19.3 Å². The zero-order valence-electron chi connectivity index (χ0n) is 13.0. The van der Waals surface area contributed by atoms with Crippen molar-refractivity contribution < 1.29 is 9.59 Å². The van der Waals surface area contributed by atoms with Crippen molar-refractivity contribution in [2.24, 2.45) is 11.8 Å². The molecule has 2 amide bonds. The van der Waals surface area contributed by atoms with Crippen LogP contribution >= 0.6 is 0 Å². The molecule has 22 heavy (non-hydrogen) atoms. The summed E-state index contributed by atoms with van der Waals surface area (Å²) in [6, 6.07) is 0. The van der Waals surface area contributed by atoms with Gasteiger partial charge < -0.3 is 10.6 Å². The standard InChI is InChI=1S/C14H24N6O2/c1-2-3-8-15-13(21)10-6-4-5-7-11(10)14(22)16-9-12-17-19-20-18-12/h10-11H,2-9H2,1H3,(H,15,21)(H,16,22)(H,17,18,19,20)/t10-,11+/m1/s1. The second-order valence-corrected chi connectivity index (χ2v) is 5.69. The third-order valence-electron chi connectivity index (χ3n) is 4.08. The monoisotopic (exact) mass is 308 g/mol. The molecule has 0 radical (unpaired) electrons. The lowest BCUT2D eigenvalue weighted by Gasteiger charge is -2.29. The van der Waals surface area contributed by atoms with Crippen LogP contribution < -0.4 is 10.6 Å². The van der Waals surface area contributed by atoms with Crippen LogP contribution in [-0.4, -0.2) is 39.0 Å². The zero-order chi connectivity index (χ0) is 15.8. The van der Waals surface area contributed by atoms with Crippen LogP contribution in [0.15, 0.2) is 0 Å². The molecular weight excluding hydrogens is 284 g/mol. The van der Waals surface area contributed by atoms with Crippen molar-refractivity contribution in [2.75, 3.05) is 6.54 Å². The number of tetrazole rings is 1. The number of hydrogen-bond donors (Lipinski definition) is 3. The molecule has 1 aliphatic rings. The first-order valence-corrected chi connectivity index (χ1v) is 8.00. The summed E-state index contributed by atoms with van der Waals surface area (Å²) in [5.74, 6) is -0.140. The predicted octanol–water partition coefficient (Wildman–Crippen LogP) is 0.539. The normalized spacial score (nSPS) is 21.3. The third kappa shape index (κ3) is 4.51. The van der Waals surface area contributed by atoms with E-state index in [1.807, 2.05) is 0 Å². The van der Waals surface area contributed by atoms with Crippen molar-refractivity contribution >= 4 is 11.8 Å². The second-order valence-electron chi connectivity index (χ2n) is 5.69. The van der Waals surface area contributed by atoms with E-state index in [0.717, 1.165) is 38.5 Å². The maximum atomic E-state index is 12.4. The number of H-pyrrole nitrogens is 1. The fourth-order valence-electron chi connectivity index (χ4n) is 2.83. The largest absolute Gasteiger partial charge is 0.356 e. The summed E-state index contributed by atoms with van der Waals surface area (Å²) in [4.78, 5) is 24.7. The predicted molar refractivity (Wildman–Crippen MR) is 79.4 cm³/mol. The highest BCUT2D eigenvalue weighted by Gasteiger charge is 2.35. The van der Waals surface area contributed by atoms with E-state index in [1.54, 1.807) is 0 Å². The molecule has 0 aromatic carbocycles. The molecule has 3 N–H and O–H groups in total. The molecule has 8 nitrogen and oxygen atoms in total. The van der Waals surface area contributed by atoms with Crippen LogP contribution in [0, 0.1) is 11.8 Å². The van der Waals surface area contributed by atoms with Crippen molar-refractivity contribution in [3.63, 3.8) is 0 Å². The summed E-state index contributed by atoms with van der Waals surface area (Å²) in [6.45, 7) is 3.00. The lowest BCUT2D eigenvalue weighted by atomic mass is 9.78. The first-order chi connectivity index (χ1) is 10.7. The van der Waals surface area contributed by atoms with E-state index in [0.29, 0.717) is 12.4 Å². The zero-order valence-corrected chi connectivity index (χ0v) is 13.0. The van der Waals surface area contributed by atoms with Crippen LogP contribution in [0.2, 0.25) is 0 Å². The minimum absolute atomic E-state index is 0.00728. The number of carbonyl (C=O) groups is 2. The number of hydrogen-bond acceptors (Lipinski definition) is 5. The molecule has 0 spiro atoms. The highest BCUT2D eigenvalue weighted by molar-refractivity contribution is 5.87. The quantitative estimate of drug-likeness (QED) is 0.636. The van der Waals surface area contributed by atoms with Crippen LogP contribution in [-0.2, 0) is 16.1 Å². The average Bonchev–Trinajstić information content (AvgIpc) is 3.06. The van der Waals surface area contributed by atoms with Gasteiger partial charge in [-0.2, -0.15) is 5.21 Å². The van der Waals surface area contributed by atoms with Crippen molar-refractivity contribution in [3.05, 3.63) is 5.82 Å². The highest BCUT2D eigenvalue weighted by Crippen LogP contribution is 2.30. The summed E-state index contributed by atoms with van der Waals surface area (Å²) < 4.78 is 0. The van der Waals surface area contributed by atoms with Gasteiger partial charge in [-0.25, -0.2) is 0 Å². The SMILES string of the molecule is CCCCNC(=O)[C@@H]1CCCC[C@@H]1C(=O)NCc1nn[nH]n1. The lowest BCUT2D eigenvalue weighted by molar-refractivity contribution is -0.136. The fraction of sp³-hybridized carbons (Fsp3) is 0.786. The van der Waals surface area contributed by atoms with Crippen LogP contribution in [0.5, 0.6) is 0 Å². The molecule has 1 saturated carbocycles. The fourth-order valence-corrected chi connectivity index (χ4v) is 2.83. The maximum absolute atomic E-state index is 12.4. The van der Waals surface area contributed by atoms with Gasteiger partial charge >= 0.3 is 0 Å². The van der Waals surface area contributed by atoms with Crippen LogP contribution in [0.25, 0.3) is 0 Å². The number of aromatic nitrogens is 4. The van der Waals surface area contributed by atoms with E-state index in [9.17, 15) is 9.59 Å². The first-order valence-electron chi connectivity index (χ1n) is 8.00. The minimum atomic E-state index is -0.262. The summed E-state index contributed by atoms with van der Waals surface area (Å²) in [7, 11) is 0. The Balaban J connectivity index is 1.87. The molecule has 0 unspecified atom stereocenters. The molecule has 0 saturated heterocycles. The molecule has 2 rings (SSSR count). The van der Waals surface area contributed by atoms with Gasteiger partial charge in [0.05, 0.1) is 6.54 Å². The lowest BCUT2D eigenvalue weighted by Crippen LogP contribution is -2.43. The van der Waals surface area contributed by atoms with Crippen LogP contribution in [0.1, 0.15) is 51.3 Å². The number of nitrogens with zero attached hydrogens (tertiary/aromatic N) is 3. The molecule has 1 fully saturated rings. The Hall–Kier alpha value is -1.99. The third-order valence-corrected chi connectivity index (χ3v) is 4.08. The number of nitrogens with one attached hydrogen (secondary N) is 3. The van der Waals surface area contributed by atoms with Gasteiger partial charge in [-0.3, -0.25) is 9.59 Å². The van der Waals surface area contributed by atoms with E-state index in [4.69, 9.17) is 0 Å². The Morgan fingerprint density at radius 1 is 1.18 bits per heavy atom. The smallest absolute Gasteiger partial charge is 0.224 e. The Kier molecular flexibility index (Phi) is 6.29. The Morgan fingerprint density at radius 3 is 2.45 bits per heavy atom. The topological polar surface area (TPSA) is 113 Å². The van der Waals surface area contributed by atoms with E-state index in [-0.39, 0.29) is 30.2 Å². The van der Waals surface area contributed by atoms with Gasteiger partial charge in [0.15, 0.2) is 5.82 Å². The Morgan fingerprint density at radius 2 is 1.86 bits per heavy atom. The van der Waals surface area contributed by atoms with Crippen molar-refractivity contribution in [3.8, 4) is 0 Å². The average molecular weight is 308 g/mol. The molecular formula is C14H24N6O2. The highest BCUT2D eigenvalue weighted by atomic mass is 16.2. The van der Waals surface area contributed by atoms with Crippen LogP contribution in [0.3, 0.4) is 0 Å². The molecule has 1 heterocycles. The number of aromatic amines is 1. The van der Waals surface area contributed by atoms with E-state index in [2.05, 4.69) is 38.2 Å². The molecule has 0 bridgehead atoms. The number of amides is 2. The summed E-state index contributed by atoms with van der Waals surface area (Å²) in [6.07, 6.45) is 5.52. The number of rotatable bonds is 7.